The Hall–Kier alpha value is -1.84. The molecule has 9 heteroatoms. The molecular formula is C38H59NO7S. The summed E-state index contributed by atoms with van der Waals surface area (Å²) in [5.74, 6) is 2.72. The van der Waals surface area contributed by atoms with Crippen LogP contribution in [0.15, 0.2) is 29.2 Å². The lowest BCUT2D eigenvalue weighted by Crippen LogP contribution is -2.62. The van der Waals surface area contributed by atoms with Crippen molar-refractivity contribution in [3.05, 3.63) is 24.3 Å². The van der Waals surface area contributed by atoms with Crippen molar-refractivity contribution in [3.8, 4) is 5.75 Å². The highest BCUT2D eigenvalue weighted by molar-refractivity contribution is 7.90. The SMILES string of the molecule is CC[C@H]1[C@@H](O)[C@@H]2[C@H](CC[C@]3(C)[C@@H]([C@H](C)COC(=O)NS(=O)(=O)c4ccc(OC5(C)CCCCC5)cc4)CC[C@@H]23)[C@@]2(C)CC[C@@H](O)C[C@@H]12. The minimum atomic E-state index is -4.09. The fourth-order valence-electron chi connectivity index (χ4n) is 11.8. The van der Waals surface area contributed by atoms with Crippen LogP contribution in [0.1, 0.15) is 118 Å². The van der Waals surface area contributed by atoms with Crippen LogP contribution in [-0.4, -0.2) is 49.1 Å². The van der Waals surface area contributed by atoms with Crippen LogP contribution in [0, 0.1) is 52.3 Å². The minimum absolute atomic E-state index is 0.00798. The van der Waals surface area contributed by atoms with Crippen molar-refractivity contribution in [2.24, 2.45) is 52.3 Å². The molecule has 0 heterocycles. The summed E-state index contributed by atoms with van der Waals surface area (Å²) in [6.45, 7) is 11.4. The average Bonchev–Trinajstić information content (AvgIpc) is 3.38. The van der Waals surface area contributed by atoms with Gasteiger partial charge in [-0.05, 0) is 154 Å². The Bertz CT molecular complexity index is 1380. The number of nitrogens with one attached hydrogen (secondary N) is 1. The third-order valence-electron chi connectivity index (χ3n) is 14.3. The van der Waals surface area contributed by atoms with Crippen molar-refractivity contribution < 1.29 is 32.9 Å². The molecule has 264 valence electrons. The summed E-state index contributed by atoms with van der Waals surface area (Å²) in [5.41, 5.74) is -0.0492. The summed E-state index contributed by atoms with van der Waals surface area (Å²) in [4.78, 5) is 12.8. The molecule has 0 radical (unpaired) electrons. The van der Waals surface area contributed by atoms with Crippen molar-refractivity contribution >= 4 is 16.1 Å². The number of ether oxygens (including phenoxy) is 2. The summed E-state index contributed by atoms with van der Waals surface area (Å²) in [7, 11) is -4.09. The first kappa shape index (κ1) is 35.0. The molecule has 1 aromatic rings. The van der Waals surface area contributed by atoms with Crippen molar-refractivity contribution in [2.45, 2.75) is 141 Å². The van der Waals surface area contributed by atoms with Gasteiger partial charge in [0.2, 0.25) is 0 Å². The summed E-state index contributed by atoms with van der Waals surface area (Å²) in [6, 6.07) is 6.24. The number of aliphatic hydroxyl groups excluding tert-OH is 2. The molecule has 3 N–H and O–H groups in total. The number of carbonyl (C=O) groups is 1. The van der Waals surface area contributed by atoms with Crippen LogP contribution < -0.4 is 9.46 Å². The summed E-state index contributed by atoms with van der Waals surface area (Å²) < 4.78 is 39.9. The number of sulfonamides is 1. The van der Waals surface area contributed by atoms with Crippen LogP contribution in [0.5, 0.6) is 5.75 Å². The van der Waals surface area contributed by atoms with Crippen LogP contribution in [-0.2, 0) is 14.8 Å². The highest BCUT2D eigenvalue weighted by Gasteiger charge is 2.65. The lowest BCUT2D eigenvalue weighted by atomic mass is 9.41. The van der Waals surface area contributed by atoms with E-state index in [1.54, 1.807) is 12.1 Å². The number of amides is 1. The quantitative estimate of drug-likeness (QED) is 0.262. The molecule has 5 aliphatic carbocycles. The molecule has 0 bridgehead atoms. The predicted molar refractivity (Wildman–Crippen MR) is 181 cm³/mol. The van der Waals surface area contributed by atoms with Crippen molar-refractivity contribution in [1.29, 1.82) is 0 Å². The van der Waals surface area contributed by atoms with E-state index in [1.165, 1.54) is 18.6 Å². The second-order valence-electron chi connectivity index (χ2n) is 16.9. The monoisotopic (exact) mass is 673 g/mol. The third kappa shape index (κ3) is 6.47. The van der Waals surface area contributed by atoms with Crippen molar-refractivity contribution in [1.82, 2.24) is 4.72 Å². The van der Waals surface area contributed by atoms with Gasteiger partial charge in [0.1, 0.15) is 11.4 Å². The van der Waals surface area contributed by atoms with Crippen molar-refractivity contribution in [3.63, 3.8) is 0 Å². The predicted octanol–water partition coefficient (Wildman–Crippen LogP) is 7.47. The number of carbonyl (C=O) groups excluding carboxylic acids is 1. The molecule has 5 aliphatic rings. The number of fused-ring (bicyclic) bond motifs is 5. The molecule has 8 nitrogen and oxygen atoms in total. The lowest BCUT2D eigenvalue weighted by Gasteiger charge is -2.64. The first-order valence-electron chi connectivity index (χ1n) is 18.6. The number of hydrogen-bond donors (Lipinski definition) is 3. The molecular weight excluding hydrogens is 614 g/mol. The largest absolute Gasteiger partial charge is 0.488 e. The van der Waals surface area contributed by atoms with Gasteiger partial charge in [0.15, 0.2) is 0 Å². The second-order valence-corrected chi connectivity index (χ2v) is 18.6. The molecule has 5 saturated carbocycles. The standard InChI is InChI=1S/C38H59NO7S/c1-6-28-32-22-25(40)16-20-38(32,5)31-17-21-37(4)29(14-15-30(37)33(31)34(28)41)24(2)23-45-35(42)39-47(43,44)27-12-10-26(11-13-27)46-36(3)18-8-7-9-19-36/h10-13,24-25,28-34,40-41H,6-9,14-23H2,1-5H3,(H,39,42)/t24-,25-,28-,29-,30+,31+,32+,33+,34-,37-,38-/m1/s1. The fourth-order valence-corrected chi connectivity index (χ4v) is 12.7. The van der Waals surface area contributed by atoms with Crippen LogP contribution >= 0.6 is 0 Å². The molecule has 0 aliphatic heterocycles. The smallest absolute Gasteiger partial charge is 0.421 e. The zero-order valence-electron chi connectivity index (χ0n) is 29.2. The maximum absolute atomic E-state index is 13.0. The maximum Gasteiger partial charge on any atom is 0.421 e. The van der Waals surface area contributed by atoms with Crippen LogP contribution in [0.4, 0.5) is 4.79 Å². The lowest BCUT2D eigenvalue weighted by molar-refractivity contribution is -0.203. The molecule has 1 aromatic carbocycles. The second kappa shape index (κ2) is 13.1. The van der Waals surface area contributed by atoms with E-state index in [0.717, 1.165) is 77.0 Å². The Labute approximate surface area is 282 Å². The van der Waals surface area contributed by atoms with E-state index in [2.05, 4.69) is 39.3 Å². The minimum Gasteiger partial charge on any atom is -0.488 e. The summed E-state index contributed by atoms with van der Waals surface area (Å²) in [5, 5.41) is 22.5. The highest BCUT2D eigenvalue weighted by atomic mass is 32.2. The fraction of sp³-hybridized carbons (Fsp3) is 0.816. The Kier molecular flexibility index (Phi) is 9.78. The van der Waals surface area contributed by atoms with E-state index < -0.39 is 16.1 Å². The van der Waals surface area contributed by atoms with E-state index in [4.69, 9.17) is 9.47 Å². The average molecular weight is 674 g/mol. The summed E-state index contributed by atoms with van der Waals surface area (Å²) in [6.07, 6.45) is 11.8. The molecule has 6 rings (SSSR count). The van der Waals surface area contributed by atoms with Gasteiger partial charge in [-0.3, -0.25) is 0 Å². The Morgan fingerprint density at radius 2 is 1.57 bits per heavy atom. The maximum atomic E-state index is 13.0. The Morgan fingerprint density at radius 3 is 2.26 bits per heavy atom. The van der Waals surface area contributed by atoms with E-state index in [0.29, 0.717) is 29.4 Å². The molecule has 0 saturated heterocycles. The van der Waals surface area contributed by atoms with E-state index in [9.17, 15) is 23.4 Å². The third-order valence-corrected chi connectivity index (χ3v) is 15.6. The molecule has 1 amide bonds. The van der Waals surface area contributed by atoms with Gasteiger partial charge in [0, 0.05) is 0 Å². The van der Waals surface area contributed by atoms with Gasteiger partial charge in [-0.2, -0.15) is 0 Å². The van der Waals surface area contributed by atoms with E-state index >= 15 is 0 Å². The van der Waals surface area contributed by atoms with Gasteiger partial charge in [-0.15, -0.1) is 0 Å². The first-order valence-corrected chi connectivity index (χ1v) is 20.0. The van der Waals surface area contributed by atoms with Crippen molar-refractivity contribution in [2.75, 3.05) is 6.61 Å². The number of hydrogen-bond acceptors (Lipinski definition) is 7. The van der Waals surface area contributed by atoms with Gasteiger partial charge in [0.25, 0.3) is 10.0 Å². The normalized spacial score (nSPS) is 40.3. The first-order chi connectivity index (χ1) is 22.2. The Morgan fingerprint density at radius 1 is 0.915 bits per heavy atom. The van der Waals surface area contributed by atoms with Gasteiger partial charge >= 0.3 is 6.09 Å². The molecule has 47 heavy (non-hydrogen) atoms. The van der Waals surface area contributed by atoms with Gasteiger partial charge < -0.3 is 19.7 Å². The van der Waals surface area contributed by atoms with Crippen LogP contribution in [0.2, 0.25) is 0 Å². The van der Waals surface area contributed by atoms with Gasteiger partial charge in [-0.1, -0.05) is 40.5 Å². The Balaban J connectivity index is 1.06. The molecule has 0 spiro atoms. The van der Waals surface area contributed by atoms with Gasteiger partial charge in [0.05, 0.1) is 23.7 Å². The van der Waals surface area contributed by atoms with Crippen LogP contribution in [0.3, 0.4) is 0 Å². The topological polar surface area (TPSA) is 122 Å². The van der Waals surface area contributed by atoms with Crippen LogP contribution in [0.25, 0.3) is 0 Å². The zero-order chi connectivity index (χ0) is 33.8. The number of aliphatic hydroxyl groups is 2. The molecule has 0 aromatic heterocycles. The van der Waals surface area contributed by atoms with E-state index in [-0.39, 0.29) is 57.9 Å². The highest BCUT2D eigenvalue weighted by Crippen LogP contribution is 2.69. The molecule has 5 fully saturated rings. The zero-order valence-corrected chi connectivity index (χ0v) is 30.1. The van der Waals surface area contributed by atoms with E-state index in [1.807, 2.05) is 0 Å². The number of rotatable bonds is 8. The number of benzene rings is 1. The molecule has 0 unspecified atom stereocenters. The molecule has 11 atom stereocenters. The van der Waals surface area contributed by atoms with Gasteiger partial charge in [-0.25, -0.2) is 17.9 Å². The summed E-state index contributed by atoms with van der Waals surface area (Å²) >= 11 is 0.